The largest absolute Gasteiger partial charge is 0.441 e. The highest BCUT2D eigenvalue weighted by atomic mass is 19.1. The van der Waals surface area contributed by atoms with E-state index in [2.05, 4.69) is 10.3 Å². The van der Waals surface area contributed by atoms with Gasteiger partial charge in [0.1, 0.15) is 5.82 Å². The Morgan fingerprint density at radius 1 is 1.19 bits per heavy atom. The molecule has 9 heteroatoms. The lowest BCUT2D eigenvalue weighted by Gasteiger charge is -2.04. The van der Waals surface area contributed by atoms with Gasteiger partial charge in [0.25, 0.3) is 0 Å². The Morgan fingerprint density at radius 2 is 1.93 bits per heavy atom. The molecule has 0 saturated carbocycles. The Labute approximate surface area is 151 Å². The zero-order valence-electron chi connectivity index (χ0n) is 13.8. The van der Waals surface area contributed by atoms with E-state index in [4.69, 9.17) is 4.42 Å². The summed E-state index contributed by atoms with van der Waals surface area (Å²) >= 11 is 0. The fourth-order valence-corrected chi connectivity index (χ4v) is 2.35. The molecule has 0 radical (unpaired) electrons. The van der Waals surface area contributed by atoms with Gasteiger partial charge in [-0.3, -0.25) is 14.9 Å². The van der Waals surface area contributed by atoms with Crippen molar-refractivity contribution in [2.75, 3.05) is 5.32 Å². The zero-order valence-corrected chi connectivity index (χ0v) is 13.8. The first-order chi connectivity index (χ1) is 12.9. The third-order valence-electron chi connectivity index (χ3n) is 3.67. The van der Waals surface area contributed by atoms with Gasteiger partial charge in [0, 0.05) is 30.2 Å². The van der Waals surface area contributed by atoms with Crippen LogP contribution in [0.25, 0.3) is 11.3 Å². The topological polar surface area (TPSA) is 98.3 Å². The summed E-state index contributed by atoms with van der Waals surface area (Å²) < 4.78 is 31.8. The molecule has 1 N–H and O–H groups in total. The number of benzene rings is 2. The van der Waals surface area contributed by atoms with Crippen LogP contribution in [0, 0.1) is 21.7 Å². The van der Waals surface area contributed by atoms with Gasteiger partial charge in [-0.05, 0) is 36.4 Å². The predicted molar refractivity (Wildman–Crippen MR) is 91.9 cm³/mol. The highest BCUT2D eigenvalue weighted by Crippen LogP contribution is 2.23. The van der Waals surface area contributed by atoms with Crippen molar-refractivity contribution in [3.63, 3.8) is 0 Å². The average Bonchev–Trinajstić information content (AvgIpc) is 3.11. The summed E-state index contributed by atoms with van der Waals surface area (Å²) in [5.41, 5.74) is 0.0511. The van der Waals surface area contributed by atoms with Crippen molar-refractivity contribution >= 4 is 17.3 Å². The Morgan fingerprint density at radius 3 is 2.63 bits per heavy atom. The van der Waals surface area contributed by atoms with Crippen LogP contribution in [0.3, 0.4) is 0 Å². The monoisotopic (exact) mass is 373 g/mol. The van der Waals surface area contributed by atoms with Crippen LogP contribution in [0.5, 0.6) is 0 Å². The molecule has 27 heavy (non-hydrogen) atoms. The number of nitro benzene ring substituents is 1. The Bertz CT molecular complexity index is 987. The normalized spacial score (nSPS) is 10.6. The molecule has 0 aliphatic heterocycles. The molecule has 0 aliphatic rings. The molecule has 0 spiro atoms. The predicted octanol–water partition coefficient (Wildman–Crippen LogP) is 4.10. The lowest BCUT2D eigenvalue weighted by molar-refractivity contribution is -0.387. The molecule has 3 aromatic rings. The van der Waals surface area contributed by atoms with Crippen molar-refractivity contribution < 1.29 is 22.9 Å². The summed E-state index contributed by atoms with van der Waals surface area (Å²) in [6, 6.07) is 8.79. The lowest BCUT2D eigenvalue weighted by Crippen LogP contribution is -2.12. The second-order valence-corrected chi connectivity index (χ2v) is 5.60. The third kappa shape index (κ3) is 4.51. The standard InChI is InChI=1S/C18H13F2N3O4/c19-12-3-1-11(2-4-12)16-10-21-18(27-16)8-7-17(24)22-13-5-6-14(20)15(9-13)23(25)26/h1-6,9-10H,7-8H2,(H,22,24). The first-order valence-electron chi connectivity index (χ1n) is 7.87. The van der Waals surface area contributed by atoms with E-state index in [1.807, 2.05) is 0 Å². The maximum Gasteiger partial charge on any atom is 0.306 e. The van der Waals surface area contributed by atoms with E-state index in [0.29, 0.717) is 17.2 Å². The van der Waals surface area contributed by atoms with Gasteiger partial charge in [-0.15, -0.1) is 0 Å². The molecule has 2 aromatic carbocycles. The number of amides is 1. The fourth-order valence-electron chi connectivity index (χ4n) is 2.35. The fraction of sp³-hybridized carbons (Fsp3) is 0.111. The maximum absolute atomic E-state index is 13.3. The average molecular weight is 373 g/mol. The van der Waals surface area contributed by atoms with Crippen molar-refractivity contribution in [3.8, 4) is 11.3 Å². The van der Waals surface area contributed by atoms with Crippen molar-refractivity contribution in [1.29, 1.82) is 0 Å². The second kappa shape index (κ2) is 7.73. The van der Waals surface area contributed by atoms with Gasteiger partial charge in [0.05, 0.1) is 11.1 Å². The number of aromatic nitrogens is 1. The highest BCUT2D eigenvalue weighted by molar-refractivity contribution is 5.91. The number of rotatable bonds is 6. The van der Waals surface area contributed by atoms with Gasteiger partial charge in [-0.1, -0.05) is 0 Å². The van der Waals surface area contributed by atoms with Crippen LogP contribution in [0.1, 0.15) is 12.3 Å². The molecule has 7 nitrogen and oxygen atoms in total. The van der Waals surface area contributed by atoms with Gasteiger partial charge < -0.3 is 9.73 Å². The van der Waals surface area contributed by atoms with Gasteiger partial charge in [-0.2, -0.15) is 4.39 Å². The van der Waals surface area contributed by atoms with E-state index in [0.717, 1.165) is 12.1 Å². The van der Waals surface area contributed by atoms with E-state index < -0.39 is 22.3 Å². The van der Waals surface area contributed by atoms with E-state index in [1.165, 1.54) is 24.4 Å². The molecule has 0 fully saturated rings. The van der Waals surface area contributed by atoms with Crippen molar-refractivity contribution in [2.45, 2.75) is 12.8 Å². The first kappa shape index (κ1) is 18.2. The Balaban J connectivity index is 1.59. The zero-order chi connectivity index (χ0) is 19.4. The van der Waals surface area contributed by atoms with Crippen LogP contribution >= 0.6 is 0 Å². The molecule has 0 atom stereocenters. The number of halogens is 2. The lowest BCUT2D eigenvalue weighted by atomic mass is 10.2. The van der Waals surface area contributed by atoms with Crippen LogP contribution in [0.15, 0.2) is 53.1 Å². The number of carbonyl (C=O) groups is 1. The van der Waals surface area contributed by atoms with Crippen molar-refractivity contribution in [3.05, 3.63) is 76.3 Å². The first-order valence-corrected chi connectivity index (χ1v) is 7.87. The van der Waals surface area contributed by atoms with Crippen LogP contribution in [-0.2, 0) is 11.2 Å². The molecule has 138 valence electrons. The maximum atomic E-state index is 13.3. The van der Waals surface area contributed by atoms with Crippen LogP contribution in [0.2, 0.25) is 0 Å². The van der Waals surface area contributed by atoms with E-state index in [-0.39, 0.29) is 24.3 Å². The number of nitrogens with zero attached hydrogens (tertiary/aromatic N) is 2. The number of nitro groups is 1. The van der Waals surface area contributed by atoms with E-state index in [9.17, 15) is 23.7 Å². The Kier molecular flexibility index (Phi) is 5.20. The van der Waals surface area contributed by atoms with Gasteiger partial charge in [-0.25, -0.2) is 9.37 Å². The molecule has 0 aliphatic carbocycles. The van der Waals surface area contributed by atoms with Crippen molar-refractivity contribution in [1.82, 2.24) is 4.98 Å². The minimum absolute atomic E-state index is 0.00848. The molecule has 1 amide bonds. The summed E-state index contributed by atoms with van der Waals surface area (Å²) in [4.78, 5) is 25.9. The number of aryl methyl sites for hydroxylation is 1. The molecule has 0 bridgehead atoms. The third-order valence-corrected chi connectivity index (χ3v) is 3.67. The molecule has 3 rings (SSSR count). The quantitative estimate of drug-likeness (QED) is 0.518. The molecule has 0 unspecified atom stereocenters. The van der Waals surface area contributed by atoms with Crippen LogP contribution < -0.4 is 5.32 Å². The van der Waals surface area contributed by atoms with Crippen LogP contribution in [-0.4, -0.2) is 15.8 Å². The molecule has 1 heterocycles. The minimum atomic E-state index is -0.980. The Hall–Kier alpha value is -3.62. The summed E-state index contributed by atoms with van der Waals surface area (Å²) in [5.74, 6) is -1.02. The highest BCUT2D eigenvalue weighted by Gasteiger charge is 2.16. The smallest absolute Gasteiger partial charge is 0.306 e. The number of anilines is 1. The number of carbonyl (C=O) groups excluding carboxylic acids is 1. The van der Waals surface area contributed by atoms with Gasteiger partial charge >= 0.3 is 5.69 Å². The molecule has 1 aromatic heterocycles. The number of nitrogens with one attached hydrogen (secondary N) is 1. The number of hydrogen-bond donors (Lipinski definition) is 1. The summed E-state index contributed by atoms with van der Waals surface area (Å²) in [7, 11) is 0. The SMILES string of the molecule is O=C(CCc1ncc(-c2ccc(F)cc2)o1)Nc1ccc(F)c([N+](=O)[O-])c1. The van der Waals surface area contributed by atoms with E-state index in [1.54, 1.807) is 12.1 Å². The summed E-state index contributed by atoms with van der Waals surface area (Å²) in [6.45, 7) is 0. The summed E-state index contributed by atoms with van der Waals surface area (Å²) in [6.07, 6.45) is 1.68. The van der Waals surface area contributed by atoms with Crippen molar-refractivity contribution in [2.24, 2.45) is 0 Å². The minimum Gasteiger partial charge on any atom is -0.441 e. The van der Waals surface area contributed by atoms with E-state index >= 15 is 0 Å². The number of hydrogen-bond acceptors (Lipinski definition) is 5. The number of oxazole rings is 1. The van der Waals surface area contributed by atoms with Crippen LogP contribution in [0.4, 0.5) is 20.2 Å². The molecular formula is C18H13F2N3O4. The second-order valence-electron chi connectivity index (χ2n) is 5.60. The van der Waals surface area contributed by atoms with Gasteiger partial charge in [0.2, 0.25) is 11.7 Å². The molecule has 0 saturated heterocycles. The summed E-state index contributed by atoms with van der Waals surface area (Å²) in [5, 5.41) is 13.2. The van der Waals surface area contributed by atoms with Gasteiger partial charge in [0.15, 0.2) is 11.7 Å². The molecular weight excluding hydrogens is 360 g/mol.